The van der Waals surface area contributed by atoms with Gasteiger partial charge in [0.15, 0.2) is 0 Å². The van der Waals surface area contributed by atoms with Crippen LogP contribution in [-0.2, 0) is 0 Å². The van der Waals surface area contributed by atoms with Crippen LogP contribution in [0.2, 0.25) is 0 Å². The molecule has 0 aliphatic rings. The first-order chi connectivity index (χ1) is 17.7. The van der Waals surface area contributed by atoms with Gasteiger partial charge in [-0.25, -0.2) is 0 Å². The van der Waals surface area contributed by atoms with Gasteiger partial charge in [-0.1, -0.05) is 158 Å². The molecular weight excluding hydrogens is 444 g/mol. The van der Waals surface area contributed by atoms with Crippen LogP contribution in [0.25, 0.3) is 24.3 Å². The standard InChI is InChI=1S/C10H12.3C9H10/c1-4-10-7-8(2)5-6-9(10)3;1-3-9-6-4-8(2)5-7-9;1-3-9-6-4-5-8(2)7-9;1-3-9-7-5-4-6-8(9)2/h4-7H,1H2,2-3H3;3*3-7H,1H2,2H3. The van der Waals surface area contributed by atoms with E-state index in [1.54, 1.807) is 0 Å². The fourth-order valence-corrected chi connectivity index (χ4v) is 3.30. The Kier molecular flexibility index (Phi) is 14.4. The van der Waals surface area contributed by atoms with Crippen LogP contribution in [0.4, 0.5) is 0 Å². The number of rotatable bonds is 4. The Morgan fingerprint density at radius 2 is 0.946 bits per heavy atom. The van der Waals surface area contributed by atoms with E-state index in [4.69, 9.17) is 0 Å². The Morgan fingerprint density at radius 1 is 0.405 bits per heavy atom. The van der Waals surface area contributed by atoms with E-state index in [-0.39, 0.29) is 0 Å². The summed E-state index contributed by atoms with van der Waals surface area (Å²) < 4.78 is 0. The third-order valence-corrected chi connectivity index (χ3v) is 5.65. The Labute approximate surface area is 226 Å². The van der Waals surface area contributed by atoms with E-state index in [2.05, 4.69) is 128 Å². The first-order valence-electron chi connectivity index (χ1n) is 12.5. The van der Waals surface area contributed by atoms with Crippen molar-refractivity contribution in [3.63, 3.8) is 0 Å². The molecule has 190 valence electrons. The van der Waals surface area contributed by atoms with Crippen molar-refractivity contribution in [2.45, 2.75) is 34.6 Å². The molecule has 0 radical (unpaired) electrons. The van der Waals surface area contributed by atoms with E-state index in [0.717, 1.165) is 0 Å². The second-order valence-electron chi connectivity index (χ2n) is 8.86. The predicted molar refractivity (Wildman–Crippen MR) is 170 cm³/mol. The zero-order valence-electron chi connectivity index (χ0n) is 23.3. The van der Waals surface area contributed by atoms with Crippen LogP contribution >= 0.6 is 0 Å². The van der Waals surface area contributed by atoms with Crippen molar-refractivity contribution in [1.29, 1.82) is 0 Å². The van der Waals surface area contributed by atoms with E-state index >= 15 is 0 Å². The van der Waals surface area contributed by atoms with Gasteiger partial charge in [0.2, 0.25) is 0 Å². The molecule has 37 heavy (non-hydrogen) atoms. The molecule has 0 fully saturated rings. The highest BCUT2D eigenvalue weighted by Gasteiger charge is 1.91. The molecule has 4 aromatic carbocycles. The zero-order valence-corrected chi connectivity index (χ0v) is 23.3. The number of aryl methyl sites for hydroxylation is 5. The SMILES string of the molecule is C=Cc1cc(C)ccc1C.C=Cc1ccc(C)cc1.C=Cc1cccc(C)c1.C=Cc1ccccc1C. The van der Waals surface area contributed by atoms with Crippen LogP contribution in [0.15, 0.2) is 117 Å². The molecule has 0 spiro atoms. The lowest BCUT2D eigenvalue weighted by molar-refractivity contribution is 1.38. The van der Waals surface area contributed by atoms with Crippen molar-refractivity contribution in [3.05, 3.63) is 167 Å². The highest BCUT2D eigenvalue weighted by molar-refractivity contribution is 5.53. The normalized spacial score (nSPS) is 9.11. The summed E-state index contributed by atoms with van der Waals surface area (Å²) in [6.07, 6.45) is 7.46. The average Bonchev–Trinajstić information content (AvgIpc) is 2.92. The van der Waals surface area contributed by atoms with E-state index in [1.165, 1.54) is 50.1 Å². The summed E-state index contributed by atoms with van der Waals surface area (Å²) >= 11 is 0. The fraction of sp³-hybridized carbons (Fsp3) is 0.135. The van der Waals surface area contributed by atoms with E-state index in [9.17, 15) is 0 Å². The molecule has 0 unspecified atom stereocenters. The maximum absolute atomic E-state index is 3.73. The molecule has 0 N–H and O–H groups in total. The summed E-state index contributed by atoms with van der Waals surface area (Å²) in [4.78, 5) is 0. The summed E-state index contributed by atoms with van der Waals surface area (Å²) in [7, 11) is 0. The molecule has 0 saturated carbocycles. The summed E-state index contributed by atoms with van der Waals surface area (Å²) in [5, 5.41) is 0. The minimum Gasteiger partial charge on any atom is -0.0985 e. The predicted octanol–water partition coefficient (Wildman–Crippen LogP) is 10.9. The van der Waals surface area contributed by atoms with Gasteiger partial charge in [-0.3, -0.25) is 0 Å². The van der Waals surface area contributed by atoms with Crippen LogP contribution in [0.5, 0.6) is 0 Å². The fourth-order valence-electron chi connectivity index (χ4n) is 3.30. The summed E-state index contributed by atoms with van der Waals surface area (Å²) in [6, 6.07) is 31.1. The molecule has 4 aromatic rings. The van der Waals surface area contributed by atoms with Crippen LogP contribution in [0.3, 0.4) is 0 Å². The molecule has 0 saturated heterocycles. The van der Waals surface area contributed by atoms with Crippen molar-refractivity contribution in [2.24, 2.45) is 0 Å². The number of hydrogen-bond acceptors (Lipinski definition) is 0. The minimum absolute atomic E-state index is 1.18. The summed E-state index contributed by atoms with van der Waals surface area (Å²) in [5.41, 5.74) is 11.3. The Morgan fingerprint density at radius 3 is 1.41 bits per heavy atom. The Balaban J connectivity index is 0.000000247. The van der Waals surface area contributed by atoms with Gasteiger partial charge in [-0.05, 0) is 68.0 Å². The van der Waals surface area contributed by atoms with E-state index < -0.39 is 0 Å². The molecule has 0 atom stereocenters. The lowest BCUT2D eigenvalue weighted by Gasteiger charge is -1.99. The maximum atomic E-state index is 3.73. The molecule has 0 aromatic heterocycles. The van der Waals surface area contributed by atoms with Gasteiger partial charge in [-0.2, -0.15) is 0 Å². The van der Waals surface area contributed by atoms with Gasteiger partial charge in [0.1, 0.15) is 0 Å². The monoisotopic (exact) mass is 486 g/mol. The van der Waals surface area contributed by atoms with Crippen molar-refractivity contribution in [3.8, 4) is 0 Å². The van der Waals surface area contributed by atoms with Gasteiger partial charge in [0.05, 0.1) is 0 Å². The van der Waals surface area contributed by atoms with E-state index in [1.807, 2.05) is 48.6 Å². The van der Waals surface area contributed by atoms with Gasteiger partial charge >= 0.3 is 0 Å². The van der Waals surface area contributed by atoms with Gasteiger partial charge < -0.3 is 0 Å². The van der Waals surface area contributed by atoms with Crippen molar-refractivity contribution in [1.82, 2.24) is 0 Å². The third-order valence-electron chi connectivity index (χ3n) is 5.65. The van der Waals surface area contributed by atoms with Crippen LogP contribution < -0.4 is 0 Å². The molecule has 4 rings (SSSR count). The zero-order chi connectivity index (χ0) is 27.6. The van der Waals surface area contributed by atoms with Crippen molar-refractivity contribution < 1.29 is 0 Å². The Bertz CT molecular complexity index is 1270. The smallest absolute Gasteiger partial charge is 0.0231 e. The average molecular weight is 487 g/mol. The van der Waals surface area contributed by atoms with Crippen LogP contribution in [0.1, 0.15) is 50.1 Å². The molecular formula is C37H42. The van der Waals surface area contributed by atoms with Crippen molar-refractivity contribution in [2.75, 3.05) is 0 Å². The lowest BCUT2D eigenvalue weighted by atomic mass is 10.1. The molecule has 0 heterocycles. The first kappa shape index (κ1) is 30.9. The van der Waals surface area contributed by atoms with Gasteiger partial charge in [-0.15, -0.1) is 0 Å². The largest absolute Gasteiger partial charge is 0.0985 e. The second kappa shape index (κ2) is 17.3. The lowest BCUT2D eigenvalue weighted by Crippen LogP contribution is -1.80. The highest BCUT2D eigenvalue weighted by atomic mass is 14.0. The molecule has 0 nitrogen and oxygen atoms in total. The topological polar surface area (TPSA) is 0 Å². The minimum atomic E-state index is 1.18. The molecule has 0 amide bonds. The second-order valence-corrected chi connectivity index (χ2v) is 8.86. The highest BCUT2D eigenvalue weighted by Crippen LogP contribution is 2.11. The quantitative estimate of drug-likeness (QED) is 0.269. The van der Waals surface area contributed by atoms with Gasteiger partial charge in [0, 0.05) is 0 Å². The van der Waals surface area contributed by atoms with Crippen molar-refractivity contribution >= 4 is 24.3 Å². The number of hydrogen-bond donors (Lipinski definition) is 0. The third kappa shape index (κ3) is 12.4. The molecule has 0 bridgehead atoms. The summed E-state index contributed by atoms with van der Waals surface area (Å²) in [6.45, 7) is 25.2. The number of benzene rings is 4. The first-order valence-corrected chi connectivity index (χ1v) is 12.5. The van der Waals surface area contributed by atoms with E-state index in [0.29, 0.717) is 0 Å². The Hall–Kier alpha value is -4.16. The van der Waals surface area contributed by atoms with Crippen LogP contribution in [0, 0.1) is 34.6 Å². The molecule has 0 heteroatoms. The van der Waals surface area contributed by atoms with Gasteiger partial charge in [0.25, 0.3) is 0 Å². The summed E-state index contributed by atoms with van der Waals surface area (Å²) in [5.74, 6) is 0. The van der Waals surface area contributed by atoms with Crippen LogP contribution in [-0.4, -0.2) is 0 Å². The molecule has 0 aliphatic carbocycles. The maximum Gasteiger partial charge on any atom is -0.0231 e. The molecule has 0 aliphatic heterocycles.